The van der Waals surface area contributed by atoms with Gasteiger partial charge in [-0.25, -0.2) is 24.5 Å². The first-order valence-electron chi connectivity index (χ1n) is 15.7. The van der Waals surface area contributed by atoms with Gasteiger partial charge in [-0.3, -0.25) is 19.5 Å². The van der Waals surface area contributed by atoms with Crippen molar-refractivity contribution in [2.75, 3.05) is 11.9 Å². The number of hydrogen-bond donors (Lipinski definition) is 2. The second kappa shape index (κ2) is 12.4. The predicted octanol–water partition coefficient (Wildman–Crippen LogP) is 3.23. The number of carbonyl (C=O) groups is 3. The van der Waals surface area contributed by atoms with Crippen LogP contribution in [0.3, 0.4) is 0 Å². The molecule has 48 heavy (non-hydrogen) atoms. The summed E-state index contributed by atoms with van der Waals surface area (Å²) in [5, 5.41) is 13.6. The summed E-state index contributed by atoms with van der Waals surface area (Å²) >= 11 is 0. The quantitative estimate of drug-likeness (QED) is 0.181. The molecule has 3 aliphatic rings. The van der Waals surface area contributed by atoms with Gasteiger partial charge in [0.2, 0.25) is 0 Å². The largest absolute Gasteiger partial charge is 0.519 e. The molecule has 4 heterocycles. The number of aromatic nitrogens is 4. The molecule has 0 radical (unpaired) electrons. The third-order valence-corrected chi connectivity index (χ3v) is 9.35. The summed E-state index contributed by atoms with van der Waals surface area (Å²) in [5.41, 5.74) is -2.87. The minimum atomic E-state index is -1.57. The summed E-state index contributed by atoms with van der Waals surface area (Å²) < 4.78 is 33.6. The normalized spacial score (nSPS) is 26.4. The van der Waals surface area contributed by atoms with Crippen LogP contribution in [-0.4, -0.2) is 66.6 Å². The molecule has 0 aromatic carbocycles. The first-order chi connectivity index (χ1) is 22.7. The maximum absolute atomic E-state index is 13.1. The summed E-state index contributed by atoms with van der Waals surface area (Å²) in [7, 11) is 0. The maximum Gasteiger partial charge on any atom is 0.519 e. The number of ether oxygens (including phenoxy) is 4. The van der Waals surface area contributed by atoms with Crippen LogP contribution < -0.4 is 11.1 Å². The lowest BCUT2D eigenvalue weighted by atomic mass is 9.84. The Hall–Kier alpha value is -4.75. The van der Waals surface area contributed by atoms with Crippen molar-refractivity contribution >= 4 is 35.0 Å². The first-order valence-corrected chi connectivity index (χ1v) is 15.7. The Balaban J connectivity index is 1.10. The van der Waals surface area contributed by atoms with Gasteiger partial charge in [-0.1, -0.05) is 5.92 Å². The van der Waals surface area contributed by atoms with Crippen LogP contribution in [0.4, 0.5) is 10.6 Å². The van der Waals surface area contributed by atoms with E-state index in [-0.39, 0.29) is 66.4 Å². The molecule has 1 saturated heterocycles. The van der Waals surface area contributed by atoms with Gasteiger partial charge in [-0.05, 0) is 65.7 Å². The highest BCUT2D eigenvalue weighted by atomic mass is 16.6. The number of fused-ring (bicyclic) bond motifs is 3. The van der Waals surface area contributed by atoms with Crippen molar-refractivity contribution < 1.29 is 47.3 Å². The molecule has 3 aromatic heterocycles. The van der Waals surface area contributed by atoms with Gasteiger partial charge in [0.05, 0.1) is 18.2 Å². The Bertz CT molecular complexity index is 1840. The number of hydrogen-bond acceptors (Lipinski definition) is 14. The fourth-order valence-electron chi connectivity index (χ4n) is 6.81. The standard InChI is InChI=1S/C32H37N5O11/c1-6-32(15-44-27(40)31-9-7-19(12-31)8-10-31)21(38)11-22(47-32)37-16-33-24-25(34-18(3)35-26(24)37)36-28(41)48-30(4,5)13-23(39)43-14-20-17(2)45-29(42)46-20/h1,16,19,21-22,38H,7-15H2,2-5H3,(H,34,35,36,41)/t19?,21-,22+,31?,32+/m0/s1. The van der Waals surface area contributed by atoms with Gasteiger partial charge in [-0.2, -0.15) is 0 Å². The van der Waals surface area contributed by atoms with Gasteiger partial charge in [0.15, 0.2) is 40.7 Å². The van der Waals surface area contributed by atoms with Gasteiger partial charge in [-0.15, -0.1) is 6.42 Å². The maximum atomic E-state index is 13.1. The van der Waals surface area contributed by atoms with Gasteiger partial charge < -0.3 is 32.9 Å². The molecule has 6 rings (SSSR count). The molecule has 2 saturated carbocycles. The number of anilines is 1. The molecule has 2 aliphatic carbocycles. The minimum Gasteiger partial charge on any atom is -0.461 e. The molecule has 2 bridgehead atoms. The van der Waals surface area contributed by atoms with Crippen LogP contribution in [-0.2, 0) is 35.1 Å². The third kappa shape index (κ3) is 6.39. The number of imidazole rings is 1. The number of terminal acetylenes is 1. The van der Waals surface area contributed by atoms with Gasteiger partial charge in [0.25, 0.3) is 0 Å². The Morgan fingerprint density at radius 3 is 2.58 bits per heavy atom. The van der Waals surface area contributed by atoms with Crippen molar-refractivity contribution in [3.05, 3.63) is 34.3 Å². The zero-order valence-electron chi connectivity index (χ0n) is 27.1. The molecule has 256 valence electrons. The van der Waals surface area contributed by atoms with Gasteiger partial charge >= 0.3 is 23.9 Å². The van der Waals surface area contributed by atoms with Crippen LogP contribution in [0.5, 0.6) is 0 Å². The van der Waals surface area contributed by atoms with Crippen molar-refractivity contribution in [2.24, 2.45) is 11.3 Å². The van der Waals surface area contributed by atoms with E-state index in [1.54, 1.807) is 11.5 Å². The predicted molar refractivity (Wildman–Crippen MR) is 163 cm³/mol. The first kappa shape index (κ1) is 33.2. The molecular weight excluding hydrogens is 630 g/mol. The molecule has 3 aromatic rings. The van der Waals surface area contributed by atoms with E-state index in [1.807, 2.05) is 0 Å². The third-order valence-electron chi connectivity index (χ3n) is 9.35. The summed E-state index contributed by atoms with van der Waals surface area (Å²) in [4.78, 5) is 62.7. The van der Waals surface area contributed by atoms with E-state index in [4.69, 9.17) is 34.2 Å². The Labute approximate surface area is 274 Å². The number of aliphatic hydroxyl groups is 1. The number of nitrogens with zero attached hydrogens (tertiary/aromatic N) is 4. The van der Waals surface area contributed by atoms with E-state index in [2.05, 4.69) is 26.2 Å². The second-order valence-corrected chi connectivity index (χ2v) is 13.4. The van der Waals surface area contributed by atoms with E-state index >= 15 is 0 Å². The Kier molecular flexibility index (Phi) is 8.54. The molecule has 0 unspecified atom stereocenters. The SMILES string of the molecule is C#C[C@]1(COC(=O)C23CCC(CC2)C3)O[C@@H](n2cnc3c(NC(=O)OC(C)(C)CC(=O)OCc4oc(=O)oc4C)nc(C)nc32)C[C@@H]1O. The molecule has 16 nitrogen and oxygen atoms in total. The summed E-state index contributed by atoms with van der Waals surface area (Å²) in [6.45, 7) is 5.52. The lowest BCUT2D eigenvalue weighted by Gasteiger charge is -2.29. The lowest BCUT2D eigenvalue weighted by molar-refractivity contribution is -0.167. The summed E-state index contributed by atoms with van der Waals surface area (Å²) in [6, 6.07) is 0. The minimum absolute atomic E-state index is 0.0338. The second-order valence-electron chi connectivity index (χ2n) is 13.4. The highest BCUT2D eigenvalue weighted by molar-refractivity contribution is 5.93. The summed E-state index contributed by atoms with van der Waals surface area (Å²) in [5.74, 6) is 1.74. The summed E-state index contributed by atoms with van der Waals surface area (Å²) in [6.07, 6.45) is 8.58. The zero-order valence-corrected chi connectivity index (χ0v) is 27.1. The number of aryl methyl sites for hydroxylation is 2. The molecular formula is C32H37N5O11. The lowest BCUT2D eigenvalue weighted by Crippen LogP contribution is -2.44. The number of nitrogens with one attached hydrogen (secondary N) is 1. The number of carbonyl (C=O) groups excluding carboxylic acids is 3. The van der Waals surface area contributed by atoms with Crippen LogP contribution in [0.25, 0.3) is 11.2 Å². The van der Waals surface area contributed by atoms with Crippen LogP contribution in [0.2, 0.25) is 0 Å². The Morgan fingerprint density at radius 2 is 1.94 bits per heavy atom. The average Bonchev–Trinajstić information content (AvgIpc) is 3.84. The van der Waals surface area contributed by atoms with E-state index in [1.165, 1.54) is 27.1 Å². The van der Waals surface area contributed by atoms with Crippen LogP contribution >= 0.6 is 0 Å². The van der Waals surface area contributed by atoms with Crippen LogP contribution in [0.15, 0.2) is 20.0 Å². The molecule has 1 amide bonds. The monoisotopic (exact) mass is 667 g/mol. The molecule has 16 heteroatoms. The molecule has 1 aliphatic heterocycles. The molecule has 3 atom stereocenters. The highest BCUT2D eigenvalue weighted by Crippen LogP contribution is 2.55. The van der Waals surface area contributed by atoms with E-state index in [0.717, 1.165) is 32.1 Å². The van der Waals surface area contributed by atoms with Crippen molar-refractivity contribution in [3.63, 3.8) is 0 Å². The number of amides is 1. The number of aliphatic hydroxyl groups excluding tert-OH is 1. The Morgan fingerprint density at radius 1 is 1.19 bits per heavy atom. The topological polar surface area (TPSA) is 207 Å². The van der Waals surface area contributed by atoms with Gasteiger partial charge in [0, 0.05) is 6.42 Å². The molecule has 3 fully saturated rings. The molecule has 2 N–H and O–H groups in total. The smallest absolute Gasteiger partial charge is 0.461 e. The van der Waals surface area contributed by atoms with Crippen molar-refractivity contribution in [3.8, 4) is 12.3 Å². The number of esters is 2. The fourth-order valence-corrected chi connectivity index (χ4v) is 6.81. The zero-order chi connectivity index (χ0) is 34.4. The molecule has 0 spiro atoms. The highest BCUT2D eigenvalue weighted by Gasteiger charge is 2.54. The van der Waals surface area contributed by atoms with E-state index in [9.17, 15) is 24.3 Å². The van der Waals surface area contributed by atoms with Crippen LogP contribution in [0, 0.1) is 37.5 Å². The van der Waals surface area contributed by atoms with E-state index < -0.39 is 46.8 Å². The van der Waals surface area contributed by atoms with E-state index in [0.29, 0.717) is 5.92 Å². The fraction of sp³-hybridized carbons (Fsp3) is 0.594. The van der Waals surface area contributed by atoms with Gasteiger partial charge in [0.1, 0.15) is 30.4 Å². The van der Waals surface area contributed by atoms with Crippen molar-refractivity contribution in [1.29, 1.82) is 0 Å². The average molecular weight is 668 g/mol. The van der Waals surface area contributed by atoms with Crippen molar-refractivity contribution in [2.45, 2.75) is 103 Å². The number of rotatable bonds is 10. The van der Waals surface area contributed by atoms with Crippen molar-refractivity contribution in [1.82, 2.24) is 19.5 Å². The van der Waals surface area contributed by atoms with Crippen LogP contribution in [0.1, 0.15) is 82.4 Å².